The van der Waals surface area contributed by atoms with E-state index in [4.69, 9.17) is 0 Å². The third-order valence-electron chi connectivity index (χ3n) is 3.57. The Morgan fingerprint density at radius 3 is 2.50 bits per heavy atom. The monoisotopic (exact) mass is 251 g/mol. The molecule has 2 aliphatic rings. The Balaban J connectivity index is 1.86. The molecule has 0 radical (unpaired) electrons. The van der Waals surface area contributed by atoms with Crippen molar-refractivity contribution in [2.24, 2.45) is 5.92 Å². The maximum Gasteiger partial charge on any atom is 0.0369 e. The van der Waals surface area contributed by atoms with Crippen LogP contribution in [-0.4, -0.2) is 12.6 Å². The van der Waals surface area contributed by atoms with Gasteiger partial charge < -0.3 is 4.90 Å². The molecule has 2 heteroatoms. The summed E-state index contributed by atoms with van der Waals surface area (Å²) in [6.45, 7) is 1.28. The van der Waals surface area contributed by atoms with Gasteiger partial charge in [-0.25, -0.2) is 0 Å². The Kier molecular flexibility index (Phi) is 2.05. The lowest BCUT2D eigenvalue weighted by atomic mass is 10.1. The van der Waals surface area contributed by atoms with Crippen LogP contribution >= 0.6 is 15.9 Å². The first-order valence-corrected chi connectivity index (χ1v) is 6.14. The van der Waals surface area contributed by atoms with Gasteiger partial charge in [0.1, 0.15) is 0 Å². The lowest BCUT2D eigenvalue weighted by Gasteiger charge is -2.29. The lowest BCUT2D eigenvalue weighted by molar-refractivity contribution is 0.553. The highest BCUT2D eigenvalue weighted by molar-refractivity contribution is 9.10. The van der Waals surface area contributed by atoms with E-state index in [1.165, 1.54) is 36.0 Å². The molecular weight excluding hydrogens is 238 g/mol. The lowest BCUT2D eigenvalue weighted by Crippen LogP contribution is -2.31. The molecule has 74 valence electrons. The number of anilines is 1. The number of halogens is 1. The quantitative estimate of drug-likeness (QED) is 0.740. The summed E-state index contributed by atoms with van der Waals surface area (Å²) in [4.78, 5) is 2.58. The highest BCUT2D eigenvalue weighted by Crippen LogP contribution is 2.40. The van der Waals surface area contributed by atoms with Gasteiger partial charge in [0.15, 0.2) is 0 Å². The second-order valence-corrected chi connectivity index (χ2v) is 5.38. The molecule has 1 saturated heterocycles. The Morgan fingerprint density at radius 1 is 1.14 bits per heavy atom. The molecule has 1 nitrogen and oxygen atoms in total. The minimum atomic E-state index is 0.834. The van der Waals surface area contributed by atoms with Gasteiger partial charge >= 0.3 is 0 Å². The molecule has 1 aromatic rings. The van der Waals surface area contributed by atoms with Gasteiger partial charge in [0.05, 0.1) is 0 Å². The van der Waals surface area contributed by atoms with Crippen LogP contribution in [0.15, 0.2) is 28.7 Å². The van der Waals surface area contributed by atoms with Crippen molar-refractivity contribution < 1.29 is 0 Å². The number of rotatable bonds is 1. The first-order valence-electron chi connectivity index (χ1n) is 5.35. The van der Waals surface area contributed by atoms with Crippen LogP contribution in [0.1, 0.15) is 19.3 Å². The topological polar surface area (TPSA) is 3.24 Å². The zero-order chi connectivity index (χ0) is 9.54. The molecule has 2 atom stereocenters. The zero-order valence-corrected chi connectivity index (χ0v) is 9.70. The molecule has 1 saturated carbocycles. The van der Waals surface area contributed by atoms with Crippen molar-refractivity contribution in [2.45, 2.75) is 25.3 Å². The molecule has 2 fully saturated rings. The van der Waals surface area contributed by atoms with E-state index in [0.717, 1.165) is 12.0 Å². The van der Waals surface area contributed by atoms with Crippen LogP contribution in [0.2, 0.25) is 0 Å². The van der Waals surface area contributed by atoms with Crippen molar-refractivity contribution in [2.75, 3.05) is 11.4 Å². The number of fused-ring (bicyclic) bond motifs is 2. The van der Waals surface area contributed by atoms with Crippen molar-refractivity contribution in [1.82, 2.24) is 0 Å². The molecular formula is C12H14BrN. The van der Waals surface area contributed by atoms with E-state index in [1.54, 1.807) is 0 Å². The van der Waals surface area contributed by atoms with E-state index in [9.17, 15) is 0 Å². The van der Waals surface area contributed by atoms with E-state index in [0.29, 0.717) is 0 Å². The fraction of sp³-hybridized carbons (Fsp3) is 0.500. The Bertz CT molecular complexity index is 333. The van der Waals surface area contributed by atoms with Gasteiger partial charge in [-0.3, -0.25) is 0 Å². The Labute approximate surface area is 93.2 Å². The van der Waals surface area contributed by atoms with Gasteiger partial charge in [0.2, 0.25) is 0 Å². The molecule has 1 aliphatic heterocycles. The summed E-state index contributed by atoms with van der Waals surface area (Å²) in [6, 6.07) is 9.57. The van der Waals surface area contributed by atoms with E-state index in [1.807, 2.05) is 0 Å². The van der Waals surface area contributed by atoms with Crippen molar-refractivity contribution in [3.8, 4) is 0 Å². The van der Waals surface area contributed by atoms with Crippen LogP contribution in [-0.2, 0) is 0 Å². The molecule has 1 aliphatic carbocycles. The number of piperidine rings is 1. The average Bonchev–Trinajstić information content (AvgIpc) is 2.80. The standard InChI is InChI=1S/C12H14BrN/c13-10-2-5-11(6-3-10)14-8-9-1-4-12(14)7-9/h2-3,5-6,9,12H,1,4,7-8H2/t9?,12-/m0/s1. The molecule has 14 heavy (non-hydrogen) atoms. The van der Waals surface area contributed by atoms with E-state index in [-0.39, 0.29) is 0 Å². The number of benzene rings is 1. The highest BCUT2D eigenvalue weighted by Gasteiger charge is 2.37. The minimum Gasteiger partial charge on any atom is -0.368 e. The summed E-state index contributed by atoms with van der Waals surface area (Å²) in [6.07, 6.45) is 4.29. The Morgan fingerprint density at radius 2 is 1.93 bits per heavy atom. The van der Waals surface area contributed by atoms with E-state index in [2.05, 4.69) is 45.1 Å². The van der Waals surface area contributed by atoms with Crippen LogP contribution in [0.4, 0.5) is 5.69 Å². The maximum absolute atomic E-state index is 3.48. The smallest absolute Gasteiger partial charge is 0.0369 e. The molecule has 0 spiro atoms. The second kappa shape index (κ2) is 3.27. The third-order valence-corrected chi connectivity index (χ3v) is 4.10. The molecule has 0 N–H and O–H groups in total. The van der Waals surface area contributed by atoms with Crippen molar-refractivity contribution in [1.29, 1.82) is 0 Å². The van der Waals surface area contributed by atoms with Gasteiger partial charge in [0, 0.05) is 22.7 Å². The van der Waals surface area contributed by atoms with Crippen LogP contribution < -0.4 is 4.90 Å². The first-order chi connectivity index (χ1) is 6.83. The fourth-order valence-corrected chi connectivity index (χ4v) is 3.14. The molecule has 1 unspecified atom stereocenters. The van der Waals surface area contributed by atoms with Gasteiger partial charge in [-0.05, 0) is 49.4 Å². The summed E-state index contributed by atoms with van der Waals surface area (Å²) in [5.74, 6) is 0.976. The van der Waals surface area contributed by atoms with E-state index < -0.39 is 0 Å². The van der Waals surface area contributed by atoms with Crippen LogP contribution in [0, 0.1) is 5.92 Å². The SMILES string of the molecule is Brc1ccc(N2CC3CC[C@H]2C3)cc1. The average molecular weight is 252 g/mol. The van der Waals surface area contributed by atoms with Crippen LogP contribution in [0.25, 0.3) is 0 Å². The molecule has 1 heterocycles. The summed E-state index contributed by atoms with van der Waals surface area (Å²) >= 11 is 3.48. The van der Waals surface area contributed by atoms with Crippen molar-refractivity contribution in [3.05, 3.63) is 28.7 Å². The predicted molar refractivity (Wildman–Crippen MR) is 62.6 cm³/mol. The summed E-state index contributed by atoms with van der Waals surface area (Å²) in [5, 5.41) is 0. The van der Waals surface area contributed by atoms with Gasteiger partial charge in [-0.1, -0.05) is 15.9 Å². The second-order valence-electron chi connectivity index (χ2n) is 4.46. The van der Waals surface area contributed by atoms with Crippen LogP contribution in [0.5, 0.6) is 0 Å². The summed E-state index contributed by atoms with van der Waals surface area (Å²) in [5.41, 5.74) is 1.40. The molecule has 2 bridgehead atoms. The van der Waals surface area contributed by atoms with Crippen molar-refractivity contribution in [3.63, 3.8) is 0 Å². The van der Waals surface area contributed by atoms with Gasteiger partial charge in [0.25, 0.3) is 0 Å². The van der Waals surface area contributed by atoms with Gasteiger partial charge in [-0.2, -0.15) is 0 Å². The molecule has 3 rings (SSSR count). The zero-order valence-electron chi connectivity index (χ0n) is 8.12. The fourth-order valence-electron chi connectivity index (χ4n) is 2.87. The summed E-state index contributed by atoms with van der Waals surface area (Å²) in [7, 11) is 0. The maximum atomic E-state index is 3.48. The van der Waals surface area contributed by atoms with Crippen molar-refractivity contribution >= 4 is 21.6 Å². The van der Waals surface area contributed by atoms with E-state index >= 15 is 0 Å². The number of hydrogen-bond donors (Lipinski definition) is 0. The molecule has 0 amide bonds. The van der Waals surface area contributed by atoms with Crippen LogP contribution in [0.3, 0.4) is 0 Å². The largest absolute Gasteiger partial charge is 0.368 e. The molecule has 1 aromatic carbocycles. The summed E-state index contributed by atoms with van der Waals surface area (Å²) < 4.78 is 1.17. The predicted octanol–water partition coefficient (Wildman–Crippen LogP) is 3.44. The third kappa shape index (κ3) is 1.36. The number of hydrogen-bond acceptors (Lipinski definition) is 1. The first kappa shape index (κ1) is 8.78. The van der Waals surface area contributed by atoms with Gasteiger partial charge in [-0.15, -0.1) is 0 Å². The highest BCUT2D eigenvalue weighted by atomic mass is 79.9. The number of nitrogens with zero attached hydrogens (tertiary/aromatic N) is 1. The normalized spacial score (nSPS) is 29.9. The molecule has 0 aromatic heterocycles. The minimum absolute atomic E-state index is 0.834. The Hall–Kier alpha value is -0.500.